The van der Waals surface area contributed by atoms with Crippen LogP contribution in [0.15, 0.2) is 0 Å². The fraction of sp³-hybridized carbons (Fsp3) is 0.545. The van der Waals surface area contributed by atoms with E-state index in [1.54, 1.807) is 0 Å². The van der Waals surface area contributed by atoms with Gasteiger partial charge >= 0.3 is 5.97 Å². The van der Waals surface area contributed by atoms with Gasteiger partial charge in [-0.2, -0.15) is 0 Å². The molecule has 5 heteroatoms. The summed E-state index contributed by atoms with van der Waals surface area (Å²) in [5, 5.41) is 8.95. The average molecular weight is 225 g/mol. The fourth-order valence-corrected chi connectivity index (χ4v) is 1.61. The first kappa shape index (κ1) is 12.7. The van der Waals surface area contributed by atoms with Gasteiger partial charge in [0.05, 0.1) is 0 Å². The van der Waals surface area contributed by atoms with Crippen molar-refractivity contribution in [3.05, 3.63) is 22.5 Å². The molecule has 0 saturated carbocycles. The molecular formula is C11H19N3O2. The van der Waals surface area contributed by atoms with Gasteiger partial charge in [0.25, 0.3) is 0 Å². The predicted octanol–water partition coefficient (Wildman–Crippen LogP) is 1.33. The second kappa shape index (κ2) is 5.14. The summed E-state index contributed by atoms with van der Waals surface area (Å²) in [4.78, 5) is 13.8. The van der Waals surface area contributed by atoms with Gasteiger partial charge in [0.2, 0.25) is 0 Å². The summed E-state index contributed by atoms with van der Waals surface area (Å²) in [6.45, 7) is 8.38. The zero-order chi connectivity index (χ0) is 12.3. The number of aryl methyl sites for hydroxylation is 1. The van der Waals surface area contributed by atoms with Crippen LogP contribution >= 0.6 is 0 Å². The molecule has 90 valence electrons. The zero-order valence-electron chi connectivity index (χ0n) is 10.1. The lowest BCUT2D eigenvalue weighted by Crippen LogP contribution is -2.36. The van der Waals surface area contributed by atoms with Crippen molar-refractivity contribution in [1.29, 1.82) is 0 Å². The van der Waals surface area contributed by atoms with Crippen molar-refractivity contribution in [2.45, 2.75) is 40.3 Å². The van der Waals surface area contributed by atoms with Gasteiger partial charge in [-0.15, -0.1) is 0 Å². The van der Waals surface area contributed by atoms with E-state index in [4.69, 9.17) is 5.11 Å². The third-order valence-corrected chi connectivity index (χ3v) is 2.46. The van der Waals surface area contributed by atoms with E-state index in [0.717, 1.165) is 16.8 Å². The Labute approximate surface area is 95.2 Å². The van der Waals surface area contributed by atoms with Crippen molar-refractivity contribution in [3.8, 4) is 0 Å². The van der Waals surface area contributed by atoms with Crippen LogP contribution in [0.1, 0.15) is 41.2 Å². The second-order valence-corrected chi connectivity index (χ2v) is 4.19. The molecule has 4 N–H and O–H groups in total. The van der Waals surface area contributed by atoms with Gasteiger partial charge in [0, 0.05) is 18.3 Å². The Kier molecular flexibility index (Phi) is 4.09. The summed E-state index contributed by atoms with van der Waals surface area (Å²) in [5.41, 5.74) is 9.12. The van der Waals surface area contributed by atoms with E-state index in [-0.39, 0.29) is 5.69 Å². The highest BCUT2D eigenvalue weighted by Crippen LogP contribution is 2.17. The molecule has 1 heterocycles. The van der Waals surface area contributed by atoms with Crippen LogP contribution in [0.3, 0.4) is 0 Å². The Hall–Kier alpha value is -1.33. The maximum atomic E-state index is 10.9. The molecular weight excluding hydrogens is 206 g/mol. The lowest BCUT2D eigenvalue weighted by Gasteiger charge is -2.10. The van der Waals surface area contributed by atoms with Gasteiger partial charge in [-0.25, -0.2) is 4.79 Å². The first-order valence-electron chi connectivity index (χ1n) is 5.33. The summed E-state index contributed by atoms with van der Waals surface area (Å²) in [6.07, 6.45) is 0. The second-order valence-electron chi connectivity index (χ2n) is 4.19. The monoisotopic (exact) mass is 225 g/mol. The number of aromatic nitrogens is 1. The Morgan fingerprint density at radius 3 is 2.50 bits per heavy atom. The van der Waals surface area contributed by atoms with E-state index >= 15 is 0 Å². The number of carboxylic acid groups (broad SMARTS) is 1. The number of nitrogens with one attached hydrogen (secondary N) is 3. The van der Waals surface area contributed by atoms with E-state index < -0.39 is 5.97 Å². The van der Waals surface area contributed by atoms with E-state index in [1.807, 2.05) is 27.7 Å². The minimum Gasteiger partial charge on any atom is -0.477 e. The van der Waals surface area contributed by atoms with Crippen molar-refractivity contribution in [1.82, 2.24) is 15.8 Å². The van der Waals surface area contributed by atoms with Crippen LogP contribution in [-0.2, 0) is 6.54 Å². The van der Waals surface area contributed by atoms with E-state index in [0.29, 0.717) is 12.6 Å². The molecule has 0 aliphatic heterocycles. The van der Waals surface area contributed by atoms with Gasteiger partial charge in [0.15, 0.2) is 0 Å². The standard InChI is InChI=1S/C11H19N3O2/c1-6(2)14-12-5-9-7(3)10(11(15)16)13-8(9)4/h6,12-14H,5H2,1-4H3,(H,15,16). The topological polar surface area (TPSA) is 77.2 Å². The van der Waals surface area contributed by atoms with Crippen molar-refractivity contribution in [3.63, 3.8) is 0 Å². The minimum atomic E-state index is -0.913. The highest BCUT2D eigenvalue weighted by Gasteiger charge is 2.15. The molecule has 1 aromatic rings. The quantitative estimate of drug-likeness (QED) is 0.570. The maximum Gasteiger partial charge on any atom is 0.352 e. The normalized spacial score (nSPS) is 11.1. The molecule has 0 amide bonds. The summed E-state index contributed by atoms with van der Waals surface area (Å²) in [7, 11) is 0. The van der Waals surface area contributed by atoms with Crippen molar-refractivity contribution in [2.75, 3.05) is 0 Å². The van der Waals surface area contributed by atoms with Crippen LogP contribution in [0.25, 0.3) is 0 Å². The summed E-state index contributed by atoms with van der Waals surface area (Å²) in [6, 6.07) is 0.346. The number of aromatic carboxylic acids is 1. The fourth-order valence-electron chi connectivity index (χ4n) is 1.61. The summed E-state index contributed by atoms with van der Waals surface area (Å²) < 4.78 is 0. The number of aromatic amines is 1. The van der Waals surface area contributed by atoms with Crippen LogP contribution in [0, 0.1) is 13.8 Å². The highest BCUT2D eigenvalue weighted by molar-refractivity contribution is 5.88. The first-order chi connectivity index (χ1) is 7.43. The molecule has 0 spiro atoms. The number of rotatable bonds is 5. The number of H-pyrrole nitrogens is 1. The molecule has 0 saturated heterocycles. The molecule has 16 heavy (non-hydrogen) atoms. The molecule has 0 aromatic carbocycles. The summed E-state index contributed by atoms with van der Waals surface area (Å²) >= 11 is 0. The largest absolute Gasteiger partial charge is 0.477 e. The molecule has 5 nitrogen and oxygen atoms in total. The van der Waals surface area contributed by atoms with Crippen LogP contribution < -0.4 is 10.9 Å². The molecule has 0 fully saturated rings. The Morgan fingerprint density at radius 1 is 1.44 bits per heavy atom. The third kappa shape index (κ3) is 2.84. The first-order valence-corrected chi connectivity index (χ1v) is 5.33. The van der Waals surface area contributed by atoms with Gasteiger partial charge in [-0.3, -0.25) is 10.9 Å². The van der Waals surface area contributed by atoms with Crippen molar-refractivity contribution in [2.24, 2.45) is 0 Å². The molecule has 0 radical (unpaired) electrons. The molecule has 0 aliphatic rings. The number of carbonyl (C=O) groups is 1. The minimum absolute atomic E-state index is 0.277. The molecule has 0 aliphatic carbocycles. The van der Waals surface area contributed by atoms with E-state index in [2.05, 4.69) is 15.8 Å². The smallest absolute Gasteiger partial charge is 0.352 e. The molecule has 1 rings (SSSR count). The lowest BCUT2D eigenvalue weighted by atomic mass is 10.1. The predicted molar refractivity (Wildman–Crippen MR) is 62.3 cm³/mol. The SMILES string of the molecule is Cc1[nH]c(C(=O)O)c(C)c1CNNC(C)C. The Bertz CT molecular complexity index is 383. The van der Waals surface area contributed by atoms with Gasteiger partial charge in [0.1, 0.15) is 5.69 Å². The van der Waals surface area contributed by atoms with Crippen molar-refractivity contribution < 1.29 is 9.90 Å². The van der Waals surface area contributed by atoms with Crippen LogP contribution in [0.2, 0.25) is 0 Å². The number of hydrazine groups is 1. The number of hydrogen-bond donors (Lipinski definition) is 4. The van der Waals surface area contributed by atoms with Crippen molar-refractivity contribution >= 4 is 5.97 Å². The van der Waals surface area contributed by atoms with E-state index in [9.17, 15) is 4.79 Å². The highest BCUT2D eigenvalue weighted by atomic mass is 16.4. The molecule has 0 unspecified atom stereocenters. The van der Waals surface area contributed by atoms with Crippen LogP contribution in [0.4, 0.5) is 0 Å². The molecule has 0 bridgehead atoms. The van der Waals surface area contributed by atoms with E-state index in [1.165, 1.54) is 0 Å². The molecule has 0 atom stereocenters. The average Bonchev–Trinajstić information content (AvgIpc) is 2.44. The van der Waals surface area contributed by atoms with Gasteiger partial charge < -0.3 is 10.1 Å². The number of carboxylic acids is 1. The Balaban J connectivity index is 2.76. The molecule has 1 aromatic heterocycles. The maximum absolute atomic E-state index is 10.9. The van der Waals surface area contributed by atoms with Gasteiger partial charge in [-0.05, 0) is 38.8 Å². The third-order valence-electron chi connectivity index (χ3n) is 2.46. The van der Waals surface area contributed by atoms with Crippen LogP contribution in [-0.4, -0.2) is 22.1 Å². The van der Waals surface area contributed by atoms with Crippen LogP contribution in [0.5, 0.6) is 0 Å². The zero-order valence-corrected chi connectivity index (χ0v) is 10.1. The Morgan fingerprint density at radius 2 is 2.06 bits per heavy atom. The number of hydrogen-bond acceptors (Lipinski definition) is 3. The van der Waals surface area contributed by atoms with Gasteiger partial charge in [-0.1, -0.05) is 0 Å². The lowest BCUT2D eigenvalue weighted by molar-refractivity contribution is 0.0690. The summed E-state index contributed by atoms with van der Waals surface area (Å²) in [5.74, 6) is -0.913.